The predicted octanol–water partition coefficient (Wildman–Crippen LogP) is 3.96. The first kappa shape index (κ1) is 13.3. The molecule has 0 amide bonds. The Morgan fingerprint density at radius 2 is 2.00 bits per heavy atom. The van der Waals surface area contributed by atoms with E-state index in [1.807, 2.05) is 6.07 Å². The second-order valence-electron chi connectivity index (χ2n) is 5.79. The molecular formula is C16H22ClNO. The highest BCUT2D eigenvalue weighted by Crippen LogP contribution is 2.31. The van der Waals surface area contributed by atoms with Crippen molar-refractivity contribution in [3.05, 3.63) is 28.8 Å². The van der Waals surface area contributed by atoms with Crippen molar-refractivity contribution in [2.45, 2.75) is 57.1 Å². The monoisotopic (exact) mass is 279 g/mol. The smallest absolute Gasteiger partial charge is 0.138 e. The largest absolute Gasteiger partial charge is 0.489 e. The maximum absolute atomic E-state index is 6.35. The first-order valence-corrected chi connectivity index (χ1v) is 7.87. The fourth-order valence-electron chi connectivity index (χ4n) is 3.17. The molecule has 104 valence electrons. The Hall–Kier alpha value is -0.730. The maximum Gasteiger partial charge on any atom is 0.138 e. The number of ether oxygens (including phenoxy) is 1. The molecule has 0 spiro atoms. The van der Waals surface area contributed by atoms with Gasteiger partial charge in [-0.1, -0.05) is 17.7 Å². The van der Waals surface area contributed by atoms with Crippen molar-refractivity contribution < 1.29 is 4.74 Å². The van der Waals surface area contributed by atoms with Crippen LogP contribution in [0.4, 0.5) is 0 Å². The van der Waals surface area contributed by atoms with Crippen LogP contribution in [0.15, 0.2) is 18.2 Å². The number of benzene rings is 1. The Morgan fingerprint density at radius 1 is 1.16 bits per heavy atom. The molecule has 1 aliphatic carbocycles. The normalized spacial score (nSPS) is 23.9. The van der Waals surface area contributed by atoms with Crippen LogP contribution in [0.1, 0.15) is 44.1 Å². The Labute approximate surface area is 120 Å². The minimum Gasteiger partial charge on any atom is -0.489 e. The molecular weight excluding hydrogens is 258 g/mol. The number of nitrogens with one attached hydrogen (secondary N) is 1. The van der Waals surface area contributed by atoms with Gasteiger partial charge in [0.05, 0.1) is 11.1 Å². The average molecular weight is 280 g/mol. The SMILES string of the molecule is Clc1cc(CC2CCCN2)ccc1OC1CCCC1. The van der Waals surface area contributed by atoms with Gasteiger partial charge in [-0.25, -0.2) is 0 Å². The fourth-order valence-corrected chi connectivity index (χ4v) is 3.42. The van der Waals surface area contributed by atoms with Crippen LogP contribution < -0.4 is 10.1 Å². The van der Waals surface area contributed by atoms with E-state index in [9.17, 15) is 0 Å². The number of hydrogen-bond donors (Lipinski definition) is 1. The molecule has 1 saturated heterocycles. The Balaban J connectivity index is 1.63. The molecule has 2 aliphatic rings. The lowest BCUT2D eigenvalue weighted by Crippen LogP contribution is -2.23. The van der Waals surface area contributed by atoms with Crippen molar-refractivity contribution in [2.24, 2.45) is 0 Å². The van der Waals surface area contributed by atoms with Gasteiger partial charge in [-0.05, 0) is 69.2 Å². The second kappa shape index (κ2) is 6.15. The van der Waals surface area contributed by atoms with Crippen LogP contribution in [0.3, 0.4) is 0 Å². The second-order valence-corrected chi connectivity index (χ2v) is 6.19. The zero-order valence-corrected chi connectivity index (χ0v) is 12.1. The molecule has 1 saturated carbocycles. The molecule has 1 unspecified atom stereocenters. The lowest BCUT2D eigenvalue weighted by molar-refractivity contribution is 0.210. The number of rotatable bonds is 4. The first-order chi connectivity index (χ1) is 9.31. The van der Waals surface area contributed by atoms with Gasteiger partial charge in [-0.15, -0.1) is 0 Å². The van der Waals surface area contributed by atoms with Gasteiger partial charge in [-0.2, -0.15) is 0 Å². The van der Waals surface area contributed by atoms with Crippen LogP contribution in [-0.4, -0.2) is 18.7 Å². The van der Waals surface area contributed by atoms with Crippen molar-refractivity contribution >= 4 is 11.6 Å². The number of hydrogen-bond acceptors (Lipinski definition) is 2. The van der Waals surface area contributed by atoms with E-state index in [2.05, 4.69) is 17.4 Å². The van der Waals surface area contributed by atoms with Crippen molar-refractivity contribution in [3.63, 3.8) is 0 Å². The molecule has 2 nitrogen and oxygen atoms in total. The zero-order chi connectivity index (χ0) is 13.1. The molecule has 1 aromatic rings. The quantitative estimate of drug-likeness (QED) is 0.901. The van der Waals surface area contributed by atoms with E-state index in [0.717, 1.165) is 23.7 Å². The van der Waals surface area contributed by atoms with Crippen LogP contribution in [0, 0.1) is 0 Å². The van der Waals surface area contributed by atoms with Crippen LogP contribution in [0.5, 0.6) is 5.75 Å². The lowest BCUT2D eigenvalue weighted by atomic mass is 10.0. The van der Waals surface area contributed by atoms with Gasteiger partial charge in [0.2, 0.25) is 0 Å². The summed E-state index contributed by atoms with van der Waals surface area (Å²) in [5.41, 5.74) is 1.31. The molecule has 1 aromatic carbocycles. The molecule has 1 N–H and O–H groups in total. The third kappa shape index (κ3) is 3.43. The summed E-state index contributed by atoms with van der Waals surface area (Å²) in [7, 11) is 0. The molecule has 0 aromatic heterocycles. The topological polar surface area (TPSA) is 21.3 Å². The molecule has 3 rings (SSSR count). The third-order valence-corrected chi connectivity index (χ3v) is 4.53. The molecule has 0 radical (unpaired) electrons. The van der Waals surface area contributed by atoms with Gasteiger partial charge in [0.1, 0.15) is 5.75 Å². The third-order valence-electron chi connectivity index (χ3n) is 4.24. The van der Waals surface area contributed by atoms with Gasteiger partial charge in [0.25, 0.3) is 0 Å². The molecule has 1 aliphatic heterocycles. The highest BCUT2D eigenvalue weighted by molar-refractivity contribution is 6.32. The highest BCUT2D eigenvalue weighted by Gasteiger charge is 2.18. The number of halogens is 1. The standard InChI is InChI=1S/C16H22ClNO/c17-15-11-12(10-13-4-3-9-18-13)7-8-16(15)19-14-5-1-2-6-14/h7-8,11,13-14,18H,1-6,9-10H2. The van der Waals surface area contributed by atoms with Gasteiger partial charge >= 0.3 is 0 Å². The summed E-state index contributed by atoms with van der Waals surface area (Å²) in [6.45, 7) is 1.15. The van der Waals surface area contributed by atoms with E-state index in [1.54, 1.807) is 0 Å². The average Bonchev–Trinajstić information content (AvgIpc) is 3.05. The predicted molar refractivity (Wildman–Crippen MR) is 79.1 cm³/mol. The van der Waals surface area contributed by atoms with Crippen LogP contribution in [0.25, 0.3) is 0 Å². The molecule has 1 heterocycles. The maximum atomic E-state index is 6.35. The first-order valence-electron chi connectivity index (χ1n) is 7.50. The Kier molecular flexibility index (Phi) is 4.29. The van der Waals surface area contributed by atoms with Gasteiger partial charge < -0.3 is 10.1 Å². The molecule has 3 heteroatoms. The van der Waals surface area contributed by atoms with E-state index < -0.39 is 0 Å². The van der Waals surface area contributed by atoms with Crippen molar-refractivity contribution in [3.8, 4) is 5.75 Å². The highest BCUT2D eigenvalue weighted by atomic mass is 35.5. The van der Waals surface area contributed by atoms with E-state index in [-0.39, 0.29) is 0 Å². The summed E-state index contributed by atoms with van der Waals surface area (Å²) < 4.78 is 5.98. The molecule has 2 fully saturated rings. The summed E-state index contributed by atoms with van der Waals surface area (Å²) in [5.74, 6) is 0.858. The van der Waals surface area contributed by atoms with Crippen molar-refractivity contribution in [1.82, 2.24) is 5.32 Å². The van der Waals surface area contributed by atoms with Crippen molar-refractivity contribution in [1.29, 1.82) is 0 Å². The Morgan fingerprint density at radius 3 is 2.68 bits per heavy atom. The minimum absolute atomic E-state index is 0.375. The fraction of sp³-hybridized carbons (Fsp3) is 0.625. The molecule has 1 atom stereocenters. The van der Waals surface area contributed by atoms with Gasteiger partial charge in [-0.3, -0.25) is 0 Å². The van der Waals surface area contributed by atoms with Crippen LogP contribution in [-0.2, 0) is 6.42 Å². The van der Waals surface area contributed by atoms with E-state index in [4.69, 9.17) is 16.3 Å². The van der Waals surface area contributed by atoms with E-state index >= 15 is 0 Å². The van der Waals surface area contributed by atoms with Gasteiger partial charge in [0, 0.05) is 6.04 Å². The zero-order valence-electron chi connectivity index (χ0n) is 11.3. The van der Waals surface area contributed by atoms with Gasteiger partial charge in [0.15, 0.2) is 0 Å². The van der Waals surface area contributed by atoms with Crippen LogP contribution >= 0.6 is 11.6 Å². The summed E-state index contributed by atoms with van der Waals surface area (Å²) in [5, 5.41) is 4.29. The summed E-state index contributed by atoms with van der Waals surface area (Å²) in [6.07, 6.45) is 8.93. The lowest BCUT2D eigenvalue weighted by Gasteiger charge is -2.16. The molecule has 0 bridgehead atoms. The Bertz CT molecular complexity index is 423. The van der Waals surface area contributed by atoms with Crippen molar-refractivity contribution in [2.75, 3.05) is 6.54 Å². The summed E-state index contributed by atoms with van der Waals surface area (Å²) in [6, 6.07) is 6.91. The molecule has 19 heavy (non-hydrogen) atoms. The van der Waals surface area contributed by atoms with Crippen LogP contribution in [0.2, 0.25) is 5.02 Å². The minimum atomic E-state index is 0.375. The summed E-state index contributed by atoms with van der Waals surface area (Å²) in [4.78, 5) is 0. The summed E-state index contributed by atoms with van der Waals surface area (Å²) >= 11 is 6.35. The van der Waals surface area contributed by atoms with E-state index in [0.29, 0.717) is 12.1 Å². The van der Waals surface area contributed by atoms with E-state index in [1.165, 1.54) is 44.1 Å².